The van der Waals surface area contributed by atoms with Crippen LogP contribution in [0, 0.1) is 0 Å². The van der Waals surface area contributed by atoms with E-state index in [1.165, 1.54) is 0 Å². The van der Waals surface area contributed by atoms with Gasteiger partial charge in [-0.2, -0.15) is 0 Å². The quantitative estimate of drug-likeness (QED) is 0.170. The number of hydrogen-bond acceptors (Lipinski definition) is 6. The number of nitrogens with zero attached hydrogens (tertiary/aromatic N) is 1. The molecule has 190 valence electrons. The number of nitrogens with one attached hydrogen (secondary N) is 2. The van der Waals surface area contributed by atoms with Gasteiger partial charge in [0.25, 0.3) is 5.91 Å². The fourth-order valence-electron chi connectivity index (χ4n) is 4.60. The largest absolute Gasteiger partial charge is 0.494 e. The Morgan fingerprint density at radius 1 is 1.14 bits per heavy atom. The molecule has 4 N–H and O–H groups in total. The second-order valence-electron chi connectivity index (χ2n) is 9.28. The van der Waals surface area contributed by atoms with Gasteiger partial charge >= 0.3 is 0 Å². The van der Waals surface area contributed by atoms with Crippen molar-refractivity contribution in [3.8, 4) is 5.75 Å². The van der Waals surface area contributed by atoms with Crippen molar-refractivity contribution < 1.29 is 18.7 Å². The molecular formula is C29H29FN4O3. The van der Waals surface area contributed by atoms with Crippen LogP contribution in [0.25, 0.3) is 5.57 Å². The minimum Gasteiger partial charge on any atom is -0.494 e. The molecule has 1 unspecified atom stereocenters. The van der Waals surface area contributed by atoms with Gasteiger partial charge in [-0.15, -0.1) is 0 Å². The molecule has 5 rings (SSSR count). The smallest absolute Gasteiger partial charge is 0.257 e. The molecule has 3 aromatic carbocycles. The molecule has 1 saturated heterocycles. The SMILES string of the molecule is Nc1cccc(C(=O)c2ccc3c(c2)NC(=O)C3=CNc2ccc(OCCCN3CCC(F)C3)cc2)c1. The molecule has 7 nitrogen and oxygen atoms in total. The lowest BCUT2D eigenvalue weighted by Gasteiger charge is -2.14. The highest BCUT2D eigenvalue weighted by molar-refractivity contribution is 6.32. The van der Waals surface area contributed by atoms with E-state index in [-0.39, 0.29) is 11.7 Å². The van der Waals surface area contributed by atoms with Gasteiger partial charge in [-0.05, 0) is 55.3 Å². The van der Waals surface area contributed by atoms with E-state index in [1.54, 1.807) is 48.7 Å². The van der Waals surface area contributed by atoms with Gasteiger partial charge < -0.3 is 26.0 Å². The molecule has 37 heavy (non-hydrogen) atoms. The Morgan fingerprint density at radius 3 is 2.70 bits per heavy atom. The van der Waals surface area contributed by atoms with Crippen LogP contribution in [-0.4, -0.2) is 49.0 Å². The fraction of sp³-hybridized carbons (Fsp3) is 0.241. The first-order valence-electron chi connectivity index (χ1n) is 12.4. The molecule has 2 heterocycles. The highest BCUT2D eigenvalue weighted by atomic mass is 19.1. The summed E-state index contributed by atoms with van der Waals surface area (Å²) in [5.74, 6) is 0.351. The van der Waals surface area contributed by atoms with Crippen molar-refractivity contribution in [1.82, 2.24) is 4.90 Å². The zero-order valence-corrected chi connectivity index (χ0v) is 20.4. The first-order valence-corrected chi connectivity index (χ1v) is 12.4. The summed E-state index contributed by atoms with van der Waals surface area (Å²) in [7, 11) is 0. The summed E-state index contributed by atoms with van der Waals surface area (Å²) in [6.45, 7) is 2.76. The molecule has 8 heteroatoms. The second kappa shape index (κ2) is 10.8. The predicted octanol–water partition coefficient (Wildman–Crippen LogP) is 4.72. The predicted molar refractivity (Wildman–Crippen MR) is 143 cm³/mol. The Balaban J connectivity index is 1.18. The van der Waals surface area contributed by atoms with Crippen LogP contribution in [-0.2, 0) is 4.79 Å². The van der Waals surface area contributed by atoms with E-state index in [1.807, 2.05) is 24.3 Å². The first kappa shape index (κ1) is 24.5. The van der Waals surface area contributed by atoms with Gasteiger partial charge in [0.05, 0.1) is 12.2 Å². The van der Waals surface area contributed by atoms with Crippen LogP contribution < -0.4 is 21.1 Å². The molecule has 2 aliphatic heterocycles. The first-order chi connectivity index (χ1) is 18.0. The average molecular weight is 501 g/mol. The standard InChI is InChI=1S/C29H29FN4O3/c30-21-11-13-34(18-21)12-2-14-37-24-8-6-23(7-9-24)32-17-26-25-10-5-20(16-27(25)33-29(26)36)28(35)19-3-1-4-22(31)15-19/h1,3-10,15-17,21,32H,2,11-14,18,31H2,(H,33,36). The molecule has 0 radical (unpaired) electrons. The second-order valence-corrected chi connectivity index (χ2v) is 9.28. The Bertz CT molecular complexity index is 1340. The van der Waals surface area contributed by atoms with Gasteiger partial charge in [-0.25, -0.2) is 4.39 Å². The molecule has 0 saturated carbocycles. The Morgan fingerprint density at radius 2 is 1.95 bits per heavy atom. The fourth-order valence-corrected chi connectivity index (χ4v) is 4.60. The molecule has 2 aliphatic rings. The maximum Gasteiger partial charge on any atom is 0.257 e. The topological polar surface area (TPSA) is 96.7 Å². The van der Waals surface area contributed by atoms with Gasteiger partial charge in [0.2, 0.25) is 0 Å². The monoisotopic (exact) mass is 500 g/mol. The molecule has 1 amide bonds. The molecule has 0 bridgehead atoms. The number of alkyl halides is 1. The number of fused-ring (bicyclic) bond motifs is 1. The molecule has 3 aromatic rings. The van der Waals surface area contributed by atoms with Gasteiger partial charge in [-0.1, -0.05) is 24.3 Å². The zero-order chi connectivity index (χ0) is 25.8. The van der Waals surface area contributed by atoms with Crippen molar-refractivity contribution in [3.63, 3.8) is 0 Å². The van der Waals surface area contributed by atoms with Gasteiger partial charge in [0.15, 0.2) is 5.78 Å². The van der Waals surface area contributed by atoms with E-state index in [0.717, 1.165) is 36.5 Å². The number of carbonyl (C=O) groups is 2. The van der Waals surface area contributed by atoms with E-state index >= 15 is 0 Å². The van der Waals surface area contributed by atoms with E-state index in [4.69, 9.17) is 10.5 Å². The number of nitrogen functional groups attached to an aromatic ring is 1. The van der Waals surface area contributed by atoms with Crippen LogP contribution in [0.1, 0.15) is 34.3 Å². The van der Waals surface area contributed by atoms with Gasteiger partial charge in [0, 0.05) is 59.6 Å². The maximum absolute atomic E-state index is 13.2. The molecule has 0 aromatic heterocycles. The Hall–Kier alpha value is -4.17. The molecule has 0 spiro atoms. The van der Waals surface area contributed by atoms with Crippen molar-refractivity contribution in [3.05, 3.63) is 89.6 Å². The normalized spacial score (nSPS) is 18.0. The van der Waals surface area contributed by atoms with Gasteiger partial charge in [-0.3, -0.25) is 9.59 Å². The minimum absolute atomic E-state index is 0.161. The van der Waals surface area contributed by atoms with Crippen LogP contribution in [0.15, 0.2) is 72.9 Å². The summed E-state index contributed by atoms with van der Waals surface area (Å²) in [5.41, 5.74) is 9.89. The van der Waals surface area contributed by atoms with Crippen molar-refractivity contribution in [1.29, 1.82) is 0 Å². The summed E-state index contributed by atoms with van der Waals surface area (Å²) >= 11 is 0. The molecular weight excluding hydrogens is 471 g/mol. The third kappa shape index (κ3) is 5.81. The van der Waals surface area contributed by atoms with Crippen LogP contribution >= 0.6 is 0 Å². The van der Waals surface area contributed by atoms with Crippen molar-refractivity contribution >= 4 is 34.3 Å². The summed E-state index contributed by atoms with van der Waals surface area (Å²) in [4.78, 5) is 27.6. The summed E-state index contributed by atoms with van der Waals surface area (Å²) in [5, 5.41) is 6.00. The van der Waals surface area contributed by atoms with Crippen molar-refractivity contribution in [2.75, 3.05) is 42.6 Å². The summed E-state index contributed by atoms with van der Waals surface area (Å²) in [6, 6.07) is 19.5. The lowest BCUT2D eigenvalue weighted by Crippen LogP contribution is -2.23. The van der Waals surface area contributed by atoms with Crippen molar-refractivity contribution in [2.45, 2.75) is 19.0 Å². The van der Waals surface area contributed by atoms with Crippen LogP contribution in [0.5, 0.6) is 5.75 Å². The van der Waals surface area contributed by atoms with E-state index in [2.05, 4.69) is 15.5 Å². The highest BCUT2D eigenvalue weighted by Crippen LogP contribution is 2.33. The number of ether oxygens (including phenoxy) is 1. The van der Waals surface area contributed by atoms with Crippen LogP contribution in [0.4, 0.5) is 21.5 Å². The van der Waals surface area contributed by atoms with Crippen molar-refractivity contribution in [2.24, 2.45) is 0 Å². The van der Waals surface area contributed by atoms with Crippen LogP contribution in [0.2, 0.25) is 0 Å². The highest BCUT2D eigenvalue weighted by Gasteiger charge is 2.25. The summed E-state index contributed by atoms with van der Waals surface area (Å²) < 4.78 is 19.0. The number of benzene rings is 3. The lowest BCUT2D eigenvalue weighted by molar-refractivity contribution is -0.110. The third-order valence-corrected chi connectivity index (χ3v) is 6.55. The van der Waals surface area contributed by atoms with E-state index in [0.29, 0.717) is 47.6 Å². The number of amides is 1. The number of anilines is 3. The number of likely N-dealkylation sites (tertiary alicyclic amines) is 1. The van der Waals surface area contributed by atoms with E-state index in [9.17, 15) is 14.0 Å². The molecule has 1 fully saturated rings. The Labute approximate surface area is 215 Å². The Kier molecular flexibility index (Phi) is 7.18. The number of nitrogens with two attached hydrogens (primary N) is 1. The molecule has 1 atom stereocenters. The lowest BCUT2D eigenvalue weighted by atomic mass is 9.99. The zero-order valence-electron chi connectivity index (χ0n) is 20.4. The average Bonchev–Trinajstić information content (AvgIpc) is 3.46. The van der Waals surface area contributed by atoms with Gasteiger partial charge in [0.1, 0.15) is 11.9 Å². The maximum atomic E-state index is 13.2. The van der Waals surface area contributed by atoms with E-state index < -0.39 is 6.17 Å². The number of ketones is 1. The third-order valence-electron chi connectivity index (χ3n) is 6.55. The number of hydrogen-bond donors (Lipinski definition) is 3. The number of carbonyl (C=O) groups excluding carboxylic acids is 2. The number of rotatable bonds is 9. The number of halogens is 1. The molecule has 0 aliphatic carbocycles. The van der Waals surface area contributed by atoms with Crippen LogP contribution in [0.3, 0.4) is 0 Å². The minimum atomic E-state index is -0.693. The summed E-state index contributed by atoms with van der Waals surface area (Å²) in [6.07, 6.45) is 2.44.